The first-order valence-electron chi connectivity index (χ1n) is 11.0. The number of anilines is 1. The van der Waals surface area contributed by atoms with Gasteiger partial charge < -0.3 is 14.9 Å². The van der Waals surface area contributed by atoms with Crippen LogP contribution in [0.4, 0.5) is 5.69 Å². The molecule has 6 heteroatoms. The molecule has 0 spiro atoms. The number of nitrogens with zero attached hydrogens (tertiary/aromatic N) is 5. The first-order valence-corrected chi connectivity index (χ1v) is 11.0. The van der Waals surface area contributed by atoms with Crippen LogP contribution < -0.4 is 4.90 Å². The summed E-state index contributed by atoms with van der Waals surface area (Å²) in [6.45, 7) is 3.72. The lowest BCUT2D eigenvalue weighted by Crippen LogP contribution is -2.36. The van der Waals surface area contributed by atoms with Crippen molar-refractivity contribution < 1.29 is 5.11 Å². The van der Waals surface area contributed by atoms with Crippen LogP contribution in [0.2, 0.25) is 0 Å². The highest BCUT2D eigenvalue weighted by Gasteiger charge is 2.37. The lowest BCUT2D eigenvalue weighted by molar-refractivity contribution is 0.168. The molecule has 0 bridgehead atoms. The minimum absolute atomic E-state index is 0.144. The van der Waals surface area contributed by atoms with Crippen LogP contribution in [0.3, 0.4) is 0 Å². The normalized spacial score (nSPS) is 18.7. The van der Waals surface area contributed by atoms with Crippen molar-refractivity contribution in [2.24, 2.45) is 5.92 Å². The summed E-state index contributed by atoms with van der Waals surface area (Å²) in [5.74, 6) is 0.152. The van der Waals surface area contributed by atoms with E-state index in [9.17, 15) is 10.4 Å². The Kier molecular flexibility index (Phi) is 5.09. The van der Waals surface area contributed by atoms with Gasteiger partial charge in [0.15, 0.2) is 0 Å². The van der Waals surface area contributed by atoms with Gasteiger partial charge in [-0.25, -0.2) is 4.98 Å². The zero-order valence-corrected chi connectivity index (χ0v) is 18.7. The minimum atomic E-state index is 0.144. The molecule has 4 aromatic rings. The molecule has 1 aliphatic heterocycles. The molecule has 1 aliphatic rings. The highest BCUT2D eigenvalue weighted by atomic mass is 16.3. The van der Waals surface area contributed by atoms with Crippen molar-refractivity contribution in [1.29, 1.82) is 5.26 Å². The fourth-order valence-electron chi connectivity index (χ4n) is 5.20. The minimum Gasteiger partial charge on any atom is -0.396 e. The zero-order chi connectivity index (χ0) is 22.4. The summed E-state index contributed by atoms with van der Waals surface area (Å²) in [6.07, 6.45) is 2.02. The topological polar surface area (TPSA) is 67.8 Å². The Balaban J connectivity index is 1.89. The molecule has 32 heavy (non-hydrogen) atoms. The molecular formula is C26H27N5O. The molecule has 5 rings (SSSR count). The van der Waals surface area contributed by atoms with E-state index >= 15 is 0 Å². The molecule has 0 saturated carbocycles. The number of nitriles is 1. The van der Waals surface area contributed by atoms with Gasteiger partial charge in [0.1, 0.15) is 17.2 Å². The van der Waals surface area contributed by atoms with Gasteiger partial charge in [-0.15, -0.1) is 0 Å². The molecule has 0 radical (unpaired) electrons. The third kappa shape index (κ3) is 3.05. The van der Waals surface area contributed by atoms with E-state index in [1.54, 1.807) is 0 Å². The summed E-state index contributed by atoms with van der Waals surface area (Å²) >= 11 is 0. The van der Waals surface area contributed by atoms with E-state index in [0.29, 0.717) is 5.56 Å². The Morgan fingerprint density at radius 3 is 2.53 bits per heavy atom. The summed E-state index contributed by atoms with van der Waals surface area (Å²) in [7, 11) is 4.14. The van der Waals surface area contributed by atoms with Crippen molar-refractivity contribution in [3.63, 3.8) is 0 Å². The van der Waals surface area contributed by atoms with Crippen molar-refractivity contribution in [3.05, 3.63) is 65.9 Å². The molecule has 2 aromatic carbocycles. The zero-order valence-electron chi connectivity index (χ0n) is 18.7. The average Bonchev–Trinajstić information content (AvgIpc) is 3.41. The van der Waals surface area contributed by atoms with Crippen molar-refractivity contribution in [1.82, 2.24) is 14.3 Å². The molecule has 2 atom stereocenters. The largest absolute Gasteiger partial charge is 0.396 e. The molecule has 1 saturated heterocycles. The number of pyridine rings is 1. The van der Waals surface area contributed by atoms with E-state index < -0.39 is 0 Å². The highest BCUT2D eigenvalue weighted by molar-refractivity contribution is 6.05. The van der Waals surface area contributed by atoms with Crippen molar-refractivity contribution in [2.75, 3.05) is 38.7 Å². The number of aliphatic hydroxyl groups is 1. The number of hydrogen-bond acceptors (Lipinski definition) is 5. The summed E-state index contributed by atoms with van der Waals surface area (Å²) in [5.41, 5.74) is 7.31. The fourth-order valence-corrected chi connectivity index (χ4v) is 5.20. The predicted octanol–water partition coefficient (Wildman–Crippen LogP) is 3.69. The van der Waals surface area contributed by atoms with E-state index in [0.717, 1.165) is 52.1 Å². The molecule has 3 heterocycles. The van der Waals surface area contributed by atoms with Crippen LogP contribution >= 0.6 is 0 Å². The molecule has 162 valence electrons. The van der Waals surface area contributed by atoms with Crippen molar-refractivity contribution >= 4 is 22.4 Å². The average molecular weight is 426 g/mol. The molecule has 0 unspecified atom stereocenters. The standard InChI is InChI=1S/C26H27N5O/c1-17-20(13-27)24-26(31-12-8-7-11-22(31)28-24)25(23(17)18-9-5-4-6-10-18)30-14-19(16-32)21(15-30)29(2)3/h4-12,19,21,32H,14-16H2,1-3H3/t19-,21-/m1/s1. The maximum atomic E-state index is 10.1. The molecule has 6 nitrogen and oxygen atoms in total. The molecule has 0 amide bonds. The Bertz CT molecular complexity index is 1340. The fraction of sp³-hybridized carbons (Fsp3) is 0.308. The van der Waals surface area contributed by atoms with Crippen molar-refractivity contribution in [2.45, 2.75) is 13.0 Å². The van der Waals surface area contributed by atoms with Crippen LogP contribution in [0.15, 0.2) is 54.7 Å². The lowest BCUT2D eigenvalue weighted by atomic mass is 9.92. The van der Waals surface area contributed by atoms with Crippen LogP contribution in [-0.2, 0) is 0 Å². The van der Waals surface area contributed by atoms with Crippen LogP contribution in [0.5, 0.6) is 0 Å². The Morgan fingerprint density at radius 2 is 1.88 bits per heavy atom. The molecule has 2 aromatic heterocycles. The van der Waals surface area contributed by atoms with Gasteiger partial charge in [0.05, 0.1) is 16.8 Å². The lowest BCUT2D eigenvalue weighted by Gasteiger charge is -2.26. The van der Waals surface area contributed by atoms with Gasteiger partial charge in [0.25, 0.3) is 0 Å². The first kappa shape index (κ1) is 20.5. The van der Waals surface area contributed by atoms with Gasteiger partial charge in [-0.3, -0.25) is 4.40 Å². The monoisotopic (exact) mass is 425 g/mol. The van der Waals surface area contributed by atoms with Crippen LogP contribution in [0, 0.1) is 24.2 Å². The summed E-state index contributed by atoms with van der Waals surface area (Å²) < 4.78 is 2.09. The number of likely N-dealkylation sites (N-methyl/N-ethyl adjacent to an activating group) is 1. The van der Waals surface area contributed by atoms with Gasteiger partial charge in [-0.1, -0.05) is 36.4 Å². The molecular weight excluding hydrogens is 398 g/mol. The number of benzene rings is 2. The van der Waals surface area contributed by atoms with E-state index in [1.165, 1.54) is 0 Å². The van der Waals surface area contributed by atoms with Gasteiger partial charge in [-0.2, -0.15) is 5.26 Å². The number of imidazole rings is 1. The van der Waals surface area contributed by atoms with Crippen molar-refractivity contribution in [3.8, 4) is 17.2 Å². The second kappa shape index (κ2) is 7.94. The predicted molar refractivity (Wildman–Crippen MR) is 128 cm³/mol. The Labute approximate surface area is 187 Å². The maximum absolute atomic E-state index is 10.1. The van der Waals surface area contributed by atoms with Gasteiger partial charge >= 0.3 is 0 Å². The first-order chi connectivity index (χ1) is 15.5. The number of rotatable bonds is 4. The SMILES string of the molecule is Cc1c(-c2ccccc2)c(N2C[C@H](CO)[C@H](N(C)C)C2)c2c(nc3ccccn32)c1C#N. The second-order valence-electron chi connectivity index (χ2n) is 8.82. The van der Waals surface area contributed by atoms with E-state index in [4.69, 9.17) is 4.98 Å². The quantitative estimate of drug-likeness (QED) is 0.540. The number of fused-ring (bicyclic) bond motifs is 3. The van der Waals surface area contributed by atoms with E-state index in [-0.39, 0.29) is 18.6 Å². The molecule has 1 fully saturated rings. The number of hydrogen-bond donors (Lipinski definition) is 1. The molecule has 1 N–H and O–H groups in total. The number of aromatic nitrogens is 2. The molecule has 0 aliphatic carbocycles. The Morgan fingerprint density at radius 1 is 1.12 bits per heavy atom. The van der Waals surface area contributed by atoms with Gasteiger partial charge in [0, 0.05) is 43.4 Å². The third-order valence-corrected chi connectivity index (χ3v) is 6.77. The van der Waals surface area contributed by atoms with E-state index in [1.807, 2.05) is 49.5 Å². The highest BCUT2D eigenvalue weighted by Crippen LogP contribution is 2.44. The number of aliphatic hydroxyl groups excluding tert-OH is 1. The smallest absolute Gasteiger partial charge is 0.138 e. The second-order valence-corrected chi connectivity index (χ2v) is 8.82. The van der Waals surface area contributed by atoms with Crippen LogP contribution in [0.25, 0.3) is 27.8 Å². The third-order valence-electron chi connectivity index (χ3n) is 6.77. The Hall–Kier alpha value is -3.40. The summed E-state index contributed by atoms with van der Waals surface area (Å²) in [4.78, 5) is 9.44. The van der Waals surface area contributed by atoms with Gasteiger partial charge in [-0.05, 0) is 44.3 Å². The van der Waals surface area contributed by atoms with Gasteiger partial charge in [0.2, 0.25) is 0 Å². The summed E-state index contributed by atoms with van der Waals surface area (Å²) in [6, 6.07) is 18.9. The van der Waals surface area contributed by atoms with Crippen LogP contribution in [-0.4, -0.2) is 59.2 Å². The maximum Gasteiger partial charge on any atom is 0.138 e. The van der Waals surface area contributed by atoms with Crippen LogP contribution in [0.1, 0.15) is 11.1 Å². The summed E-state index contributed by atoms with van der Waals surface area (Å²) in [5, 5.41) is 20.2. The van der Waals surface area contributed by atoms with E-state index in [2.05, 4.69) is 46.5 Å².